The van der Waals surface area contributed by atoms with Gasteiger partial charge in [-0.1, -0.05) is 11.6 Å². The molecule has 0 spiro atoms. The Morgan fingerprint density at radius 2 is 2.21 bits per heavy atom. The fraction of sp³-hybridized carbons (Fsp3) is 0.286. The summed E-state index contributed by atoms with van der Waals surface area (Å²) in [5.41, 5.74) is -0.595. The van der Waals surface area contributed by atoms with Crippen LogP contribution in [0.3, 0.4) is 0 Å². The van der Waals surface area contributed by atoms with Gasteiger partial charge in [-0.2, -0.15) is 4.72 Å². The monoisotopic (exact) mass is 330 g/mol. The number of nitrogens with zero attached hydrogens (tertiary/aromatic N) is 1. The first-order valence-electron chi connectivity index (χ1n) is 4.48. The molecule has 1 aromatic rings. The van der Waals surface area contributed by atoms with Crippen LogP contribution in [-0.2, 0) is 14.8 Å². The van der Waals surface area contributed by atoms with E-state index >= 15 is 0 Å². The molecule has 9 nitrogen and oxygen atoms in total. The van der Waals surface area contributed by atoms with E-state index in [-0.39, 0.29) is 4.34 Å². The second-order valence-corrected chi connectivity index (χ2v) is 6.77. The lowest BCUT2D eigenvalue weighted by Crippen LogP contribution is -2.42. The number of aliphatic carboxylic acids is 1. The van der Waals surface area contributed by atoms with E-state index in [0.717, 1.165) is 0 Å². The predicted octanol–water partition coefficient (Wildman–Crippen LogP) is 0.0335. The van der Waals surface area contributed by atoms with Crippen molar-refractivity contribution in [2.75, 3.05) is 6.61 Å². The zero-order valence-corrected chi connectivity index (χ0v) is 11.3. The maximum atomic E-state index is 11.7. The number of hydrogen-bond donors (Lipinski definition) is 3. The summed E-state index contributed by atoms with van der Waals surface area (Å²) in [6.45, 7) is -0.963. The molecular formula is C7H7ClN2O7S2. The van der Waals surface area contributed by atoms with E-state index in [1.165, 1.54) is 0 Å². The summed E-state index contributed by atoms with van der Waals surface area (Å²) < 4.78 is 24.3. The molecule has 0 aromatic carbocycles. The van der Waals surface area contributed by atoms with Gasteiger partial charge in [0.25, 0.3) is 15.7 Å². The fourth-order valence-electron chi connectivity index (χ4n) is 1.01. The molecule has 12 heteroatoms. The van der Waals surface area contributed by atoms with Gasteiger partial charge in [0.2, 0.25) is 0 Å². The molecule has 0 aliphatic rings. The van der Waals surface area contributed by atoms with E-state index in [2.05, 4.69) is 0 Å². The van der Waals surface area contributed by atoms with E-state index < -0.39 is 43.5 Å². The number of thiophene rings is 1. The molecule has 0 fully saturated rings. The first-order chi connectivity index (χ1) is 8.69. The predicted molar refractivity (Wildman–Crippen MR) is 64.8 cm³/mol. The van der Waals surface area contributed by atoms with Crippen molar-refractivity contribution in [2.24, 2.45) is 0 Å². The molecule has 1 atom stereocenters. The van der Waals surface area contributed by atoms with Gasteiger partial charge in [-0.15, -0.1) is 11.3 Å². The van der Waals surface area contributed by atoms with Gasteiger partial charge in [0.15, 0.2) is 4.34 Å². The number of sulfonamides is 1. The molecule has 0 saturated carbocycles. The lowest BCUT2D eigenvalue weighted by atomic mass is 10.3. The first-order valence-corrected chi connectivity index (χ1v) is 7.16. The minimum Gasteiger partial charge on any atom is -0.480 e. The normalized spacial score (nSPS) is 13.2. The molecule has 1 rings (SSSR count). The smallest absolute Gasteiger partial charge is 0.324 e. The Morgan fingerprint density at radius 3 is 2.58 bits per heavy atom. The second kappa shape index (κ2) is 5.79. The van der Waals surface area contributed by atoms with E-state index in [1.807, 2.05) is 0 Å². The molecule has 1 aromatic heterocycles. The van der Waals surface area contributed by atoms with Crippen LogP contribution in [0.5, 0.6) is 0 Å². The Hall–Kier alpha value is -1.27. The largest absolute Gasteiger partial charge is 0.480 e. The van der Waals surface area contributed by atoms with E-state index in [9.17, 15) is 23.3 Å². The highest BCUT2D eigenvalue weighted by molar-refractivity contribution is 7.91. The highest BCUT2D eigenvalue weighted by Crippen LogP contribution is 2.36. The molecule has 106 valence electrons. The topological polar surface area (TPSA) is 147 Å². The van der Waals surface area contributed by atoms with E-state index in [4.69, 9.17) is 21.8 Å². The van der Waals surface area contributed by atoms with Crippen molar-refractivity contribution in [2.45, 2.75) is 10.3 Å². The number of carboxylic acid groups (broad SMARTS) is 1. The lowest BCUT2D eigenvalue weighted by molar-refractivity contribution is -0.384. The summed E-state index contributed by atoms with van der Waals surface area (Å²) in [5, 5.41) is 27.9. The SMILES string of the molecule is O=C(O)[C@@H](CO)NS(=O)(=O)c1cc([N+](=O)[O-])c(Cl)s1. The van der Waals surface area contributed by atoms with Crippen molar-refractivity contribution in [1.82, 2.24) is 4.72 Å². The van der Waals surface area contributed by atoms with Gasteiger partial charge >= 0.3 is 5.97 Å². The molecule has 19 heavy (non-hydrogen) atoms. The van der Waals surface area contributed by atoms with E-state index in [0.29, 0.717) is 17.4 Å². The van der Waals surface area contributed by atoms with Gasteiger partial charge in [-0.05, 0) is 0 Å². The third-order valence-electron chi connectivity index (χ3n) is 1.89. The van der Waals surface area contributed by atoms with Crippen molar-refractivity contribution >= 4 is 44.6 Å². The lowest BCUT2D eigenvalue weighted by Gasteiger charge is -2.10. The van der Waals surface area contributed by atoms with Crippen LogP contribution in [0.4, 0.5) is 5.69 Å². The van der Waals surface area contributed by atoms with Crippen LogP contribution in [0, 0.1) is 10.1 Å². The number of carbonyl (C=O) groups is 1. The molecule has 0 aliphatic carbocycles. The van der Waals surface area contributed by atoms with Gasteiger partial charge in [0.1, 0.15) is 10.3 Å². The summed E-state index contributed by atoms with van der Waals surface area (Å²) in [4.78, 5) is 20.3. The van der Waals surface area contributed by atoms with Gasteiger partial charge < -0.3 is 10.2 Å². The van der Waals surface area contributed by atoms with Crippen LogP contribution in [0.15, 0.2) is 10.3 Å². The van der Waals surface area contributed by atoms with E-state index in [1.54, 1.807) is 4.72 Å². The Labute approximate surface area is 115 Å². The Morgan fingerprint density at radius 1 is 1.63 bits per heavy atom. The highest BCUT2D eigenvalue weighted by Gasteiger charge is 2.29. The van der Waals surface area contributed by atoms with Crippen molar-refractivity contribution in [3.05, 3.63) is 20.5 Å². The first kappa shape index (κ1) is 15.8. The third-order valence-corrected chi connectivity index (χ3v) is 5.17. The number of hydrogen-bond acceptors (Lipinski definition) is 7. The van der Waals surface area contributed by atoms with Crippen molar-refractivity contribution in [1.29, 1.82) is 0 Å². The van der Waals surface area contributed by atoms with Crippen LogP contribution in [0.2, 0.25) is 4.34 Å². The van der Waals surface area contributed by atoms with Gasteiger partial charge in [-0.25, -0.2) is 8.42 Å². The Kier molecular flexibility index (Phi) is 4.81. The summed E-state index contributed by atoms with van der Waals surface area (Å²) in [5.74, 6) is -1.58. The van der Waals surface area contributed by atoms with Crippen molar-refractivity contribution in [3.8, 4) is 0 Å². The van der Waals surface area contributed by atoms with Crippen LogP contribution >= 0.6 is 22.9 Å². The summed E-state index contributed by atoms with van der Waals surface area (Å²) in [7, 11) is -4.31. The number of nitro groups is 1. The molecule has 0 bridgehead atoms. The number of carboxylic acids is 1. The van der Waals surface area contributed by atoms with Crippen LogP contribution in [0.1, 0.15) is 0 Å². The number of halogens is 1. The summed E-state index contributed by atoms with van der Waals surface area (Å²) in [6, 6.07) is -1.03. The third kappa shape index (κ3) is 3.61. The van der Waals surface area contributed by atoms with Crippen LogP contribution in [0.25, 0.3) is 0 Å². The molecular weight excluding hydrogens is 324 g/mol. The van der Waals surface area contributed by atoms with Crippen LogP contribution < -0.4 is 4.72 Å². The maximum Gasteiger partial charge on any atom is 0.324 e. The van der Waals surface area contributed by atoms with Crippen molar-refractivity contribution < 1.29 is 28.3 Å². The fourth-order valence-corrected chi connectivity index (χ4v) is 3.87. The minimum absolute atomic E-state index is 0.346. The molecule has 0 aliphatic heterocycles. The number of rotatable bonds is 6. The quantitative estimate of drug-likeness (QED) is 0.492. The van der Waals surface area contributed by atoms with Gasteiger partial charge in [0, 0.05) is 6.07 Å². The standard InChI is InChI=1S/C7H7ClN2O7S2/c8-6-4(10(14)15)1-5(18-6)19(16,17)9-3(2-11)7(12)13/h1,3,9,11H,2H2,(H,12,13)/t3-/m1/s1. The number of aliphatic hydroxyl groups is 1. The van der Waals surface area contributed by atoms with Gasteiger partial charge in [0.05, 0.1) is 11.5 Å². The van der Waals surface area contributed by atoms with Crippen molar-refractivity contribution in [3.63, 3.8) is 0 Å². The minimum atomic E-state index is -4.31. The number of nitrogens with one attached hydrogen (secondary N) is 1. The Balaban J connectivity index is 3.10. The summed E-state index contributed by atoms with van der Waals surface area (Å²) in [6.07, 6.45) is 0. The zero-order chi connectivity index (χ0) is 14.8. The molecule has 3 N–H and O–H groups in total. The molecule has 1 heterocycles. The molecule has 0 radical (unpaired) electrons. The molecule has 0 saturated heterocycles. The van der Waals surface area contributed by atoms with Crippen LogP contribution in [-0.4, -0.2) is 42.2 Å². The average molecular weight is 331 g/mol. The summed E-state index contributed by atoms with van der Waals surface area (Å²) >= 11 is 5.91. The Bertz CT molecular complexity index is 611. The van der Waals surface area contributed by atoms with Gasteiger partial charge in [-0.3, -0.25) is 14.9 Å². The molecule has 0 unspecified atom stereocenters. The zero-order valence-electron chi connectivity index (χ0n) is 8.94. The molecule has 0 amide bonds. The number of aliphatic hydroxyl groups excluding tert-OH is 1. The second-order valence-electron chi connectivity index (χ2n) is 3.18. The average Bonchev–Trinajstić information content (AvgIpc) is 2.68. The maximum absolute atomic E-state index is 11.7. The highest BCUT2D eigenvalue weighted by atomic mass is 35.5.